The number of nitrogens with zero attached hydrogens (tertiary/aromatic N) is 1. The van der Waals surface area contributed by atoms with Crippen LogP contribution in [0.4, 0.5) is 8.78 Å². The first kappa shape index (κ1) is 9.02. The molecule has 2 N–H and O–H groups in total. The largest absolute Gasteiger partial charge is 0.319 e. The van der Waals surface area contributed by atoms with Gasteiger partial charge >= 0.3 is 0 Å². The van der Waals surface area contributed by atoms with Gasteiger partial charge in [0.2, 0.25) is 0 Å². The van der Waals surface area contributed by atoms with Crippen LogP contribution in [0.25, 0.3) is 0 Å². The zero-order valence-electron chi connectivity index (χ0n) is 7.18. The Kier molecular flexibility index (Phi) is 1.72. The first-order valence-corrected chi connectivity index (χ1v) is 4.93. The molecule has 0 bridgehead atoms. The smallest absolute Gasteiger partial charge is 0.287 e. The molecule has 72 valence electrons. The van der Waals surface area contributed by atoms with Gasteiger partial charge in [-0.05, 0) is 12.8 Å². The van der Waals surface area contributed by atoms with Crippen LogP contribution >= 0.6 is 11.3 Å². The molecule has 0 saturated heterocycles. The molecule has 0 unspecified atom stereocenters. The summed E-state index contributed by atoms with van der Waals surface area (Å²) in [6.45, 7) is 0.849. The first-order valence-electron chi connectivity index (χ1n) is 4.05. The maximum atomic E-state index is 12.8. The Hall–Kier alpha value is -0.550. The van der Waals surface area contributed by atoms with Crippen LogP contribution in [0, 0.1) is 0 Å². The molecule has 0 amide bonds. The molecule has 0 aliphatic heterocycles. The molecule has 2 rings (SSSR count). The highest BCUT2D eigenvalue weighted by molar-refractivity contribution is 7.09. The molecular formula is C8H10F2N2S. The van der Waals surface area contributed by atoms with Crippen LogP contribution in [0.15, 0.2) is 5.38 Å². The lowest BCUT2D eigenvalue weighted by Crippen LogP contribution is -2.19. The molecule has 0 spiro atoms. The number of thiazole rings is 1. The molecule has 13 heavy (non-hydrogen) atoms. The summed E-state index contributed by atoms with van der Waals surface area (Å²) in [5, 5.41) is 2.03. The van der Waals surface area contributed by atoms with Crippen LogP contribution < -0.4 is 5.73 Å². The molecule has 0 radical (unpaired) electrons. The molecule has 2 nitrogen and oxygen atoms in total. The molecule has 1 aromatic rings. The van der Waals surface area contributed by atoms with Crippen LogP contribution in [-0.4, -0.2) is 4.98 Å². The Morgan fingerprint density at radius 1 is 1.62 bits per heavy atom. The quantitative estimate of drug-likeness (QED) is 0.802. The minimum atomic E-state index is -2.85. The maximum Gasteiger partial charge on any atom is 0.287 e. The number of rotatable bonds is 2. The SMILES string of the molecule is CC(F)(F)c1csc(C2(N)CC2)n1. The molecule has 1 aliphatic carbocycles. The first-order chi connectivity index (χ1) is 5.92. The fourth-order valence-electron chi connectivity index (χ4n) is 1.05. The second kappa shape index (κ2) is 2.48. The Morgan fingerprint density at radius 3 is 2.62 bits per heavy atom. The van der Waals surface area contributed by atoms with Crippen molar-refractivity contribution < 1.29 is 8.78 Å². The van der Waals surface area contributed by atoms with Gasteiger partial charge in [0.25, 0.3) is 5.92 Å². The summed E-state index contributed by atoms with van der Waals surface area (Å²) in [7, 11) is 0. The van der Waals surface area contributed by atoms with E-state index in [1.165, 1.54) is 16.7 Å². The van der Waals surface area contributed by atoms with Crippen LogP contribution in [-0.2, 0) is 11.5 Å². The van der Waals surface area contributed by atoms with Crippen molar-refractivity contribution in [3.63, 3.8) is 0 Å². The molecule has 0 atom stereocenters. The zero-order chi connectivity index (χ0) is 9.69. The Morgan fingerprint density at radius 2 is 2.23 bits per heavy atom. The lowest BCUT2D eigenvalue weighted by Gasteiger charge is -2.06. The molecule has 5 heteroatoms. The predicted octanol–water partition coefficient (Wildman–Crippen LogP) is 2.20. The highest BCUT2D eigenvalue weighted by Gasteiger charge is 2.44. The Labute approximate surface area is 78.8 Å². The molecule has 0 aromatic carbocycles. The van der Waals surface area contributed by atoms with E-state index in [1.54, 1.807) is 0 Å². The van der Waals surface area contributed by atoms with Gasteiger partial charge < -0.3 is 5.73 Å². The summed E-state index contributed by atoms with van der Waals surface area (Å²) in [4.78, 5) is 3.86. The topological polar surface area (TPSA) is 38.9 Å². The van der Waals surface area contributed by atoms with Crippen molar-refractivity contribution in [1.29, 1.82) is 0 Å². The van der Waals surface area contributed by atoms with E-state index in [2.05, 4.69) is 4.98 Å². The third-order valence-corrected chi connectivity index (χ3v) is 3.23. The van der Waals surface area contributed by atoms with Crippen molar-refractivity contribution in [2.24, 2.45) is 5.73 Å². The van der Waals surface area contributed by atoms with Crippen LogP contribution in [0.5, 0.6) is 0 Å². The number of aromatic nitrogens is 1. The predicted molar refractivity (Wildman–Crippen MR) is 46.8 cm³/mol. The summed E-state index contributed by atoms with van der Waals surface area (Å²) in [6, 6.07) is 0. The van der Waals surface area contributed by atoms with Crippen molar-refractivity contribution >= 4 is 11.3 Å². The lowest BCUT2D eigenvalue weighted by atomic mass is 10.3. The van der Waals surface area contributed by atoms with Gasteiger partial charge in [-0.1, -0.05) is 0 Å². The van der Waals surface area contributed by atoms with Crippen LogP contribution in [0.1, 0.15) is 30.5 Å². The van der Waals surface area contributed by atoms with Gasteiger partial charge in [0.1, 0.15) is 10.7 Å². The fraction of sp³-hybridized carbons (Fsp3) is 0.625. The molecule has 1 fully saturated rings. The van der Waals surface area contributed by atoms with Gasteiger partial charge in [0.05, 0.1) is 5.54 Å². The normalized spacial score (nSPS) is 20.3. The number of halogens is 2. The van der Waals surface area contributed by atoms with E-state index in [9.17, 15) is 8.78 Å². The fourth-order valence-corrected chi connectivity index (χ4v) is 2.13. The van der Waals surface area contributed by atoms with Crippen molar-refractivity contribution in [2.45, 2.75) is 31.2 Å². The molecule has 1 aliphatic rings. The van der Waals surface area contributed by atoms with E-state index >= 15 is 0 Å². The summed E-state index contributed by atoms with van der Waals surface area (Å²) >= 11 is 1.23. The van der Waals surface area contributed by atoms with Gasteiger partial charge in [-0.15, -0.1) is 11.3 Å². The van der Waals surface area contributed by atoms with E-state index < -0.39 is 11.5 Å². The minimum Gasteiger partial charge on any atom is -0.319 e. The minimum absolute atomic E-state index is 0.163. The molecule has 1 saturated carbocycles. The average molecular weight is 204 g/mol. The monoisotopic (exact) mass is 204 g/mol. The third-order valence-electron chi connectivity index (χ3n) is 2.17. The number of alkyl halides is 2. The van der Waals surface area contributed by atoms with Crippen molar-refractivity contribution in [3.8, 4) is 0 Å². The van der Waals surface area contributed by atoms with Gasteiger partial charge in [0.15, 0.2) is 0 Å². The number of nitrogens with two attached hydrogens (primary N) is 1. The Balaban J connectivity index is 2.29. The zero-order valence-corrected chi connectivity index (χ0v) is 8.00. The average Bonchev–Trinajstić information content (AvgIpc) is 2.60. The van der Waals surface area contributed by atoms with Crippen LogP contribution in [0.2, 0.25) is 0 Å². The van der Waals surface area contributed by atoms with E-state index in [-0.39, 0.29) is 5.69 Å². The van der Waals surface area contributed by atoms with E-state index in [0.29, 0.717) is 5.01 Å². The summed E-state index contributed by atoms with van der Waals surface area (Å²) in [5.74, 6) is -2.85. The van der Waals surface area contributed by atoms with Gasteiger partial charge in [0, 0.05) is 12.3 Å². The molecule has 1 aromatic heterocycles. The number of hydrogen-bond acceptors (Lipinski definition) is 3. The molecular weight excluding hydrogens is 194 g/mol. The number of hydrogen-bond donors (Lipinski definition) is 1. The van der Waals surface area contributed by atoms with Gasteiger partial charge in [-0.3, -0.25) is 0 Å². The summed E-state index contributed by atoms with van der Waals surface area (Å²) in [5.41, 5.74) is 5.27. The second-order valence-electron chi connectivity index (χ2n) is 3.58. The third kappa shape index (κ3) is 1.58. The van der Waals surface area contributed by atoms with Crippen LogP contribution in [0.3, 0.4) is 0 Å². The maximum absolute atomic E-state index is 12.8. The second-order valence-corrected chi connectivity index (χ2v) is 4.44. The summed E-state index contributed by atoms with van der Waals surface area (Å²) in [6.07, 6.45) is 1.71. The van der Waals surface area contributed by atoms with Crippen molar-refractivity contribution in [3.05, 3.63) is 16.1 Å². The summed E-state index contributed by atoms with van der Waals surface area (Å²) < 4.78 is 25.6. The highest BCUT2D eigenvalue weighted by atomic mass is 32.1. The van der Waals surface area contributed by atoms with E-state index in [4.69, 9.17) is 5.73 Å². The molecule has 1 heterocycles. The standard InChI is InChI=1S/C8H10F2N2S/c1-7(9,10)5-4-13-6(12-5)8(11)2-3-8/h4H,2-3,11H2,1H3. The van der Waals surface area contributed by atoms with Gasteiger partial charge in [-0.25, -0.2) is 4.98 Å². The Bertz CT molecular complexity index is 305. The van der Waals surface area contributed by atoms with Crippen molar-refractivity contribution in [2.75, 3.05) is 0 Å². The van der Waals surface area contributed by atoms with E-state index in [1.807, 2.05) is 0 Å². The van der Waals surface area contributed by atoms with Crippen molar-refractivity contribution in [1.82, 2.24) is 4.98 Å². The lowest BCUT2D eigenvalue weighted by molar-refractivity contribution is 0.0132. The van der Waals surface area contributed by atoms with Gasteiger partial charge in [-0.2, -0.15) is 8.78 Å². The highest BCUT2D eigenvalue weighted by Crippen LogP contribution is 2.44. The van der Waals surface area contributed by atoms with E-state index in [0.717, 1.165) is 19.8 Å².